The van der Waals surface area contributed by atoms with Crippen LogP contribution in [0.25, 0.3) is 0 Å². The minimum absolute atomic E-state index is 0.370. The Hall–Kier alpha value is -1.93. The summed E-state index contributed by atoms with van der Waals surface area (Å²) in [4.78, 5) is 16.6. The summed E-state index contributed by atoms with van der Waals surface area (Å²) in [5, 5.41) is 0.404. The molecule has 1 aromatic carbocycles. The van der Waals surface area contributed by atoms with Gasteiger partial charge in [0, 0.05) is 17.8 Å². The quantitative estimate of drug-likeness (QED) is 0.809. The Balaban J connectivity index is 2.50. The molecule has 2 aromatic rings. The van der Waals surface area contributed by atoms with E-state index in [4.69, 9.17) is 4.52 Å². The number of rotatable bonds is 4. The Labute approximate surface area is 124 Å². The molecule has 0 fully saturated rings. The van der Waals surface area contributed by atoms with Gasteiger partial charge in [0.1, 0.15) is 5.75 Å². The van der Waals surface area contributed by atoms with E-state index in [2.05, 4.69) is 4.98 Å². The van der Waals surface area contributed by atoms with Crippen LogP contribution in [0, 0.1) is 5.41 Å². The van der Waals surface area contributed by atoms with Gasteiger partial charge in [0.2, 0.25) is 5.52 Å². The molecule has 0 N–H and O–H groups in total. The van der Waals surface area contributed by atoms with Crippen molar-refractivity contribution in [1.82, 2.24) is 4.98 Å². The Morgan fingerprint density at radius 3 is 2.14 bits per heavy atom. The van der Waals surface area contributed by atoms with E-state index in [1.807, 2.05) is 6.07 Å². The van der Waals surface area contributed by atoms with Crippen molar-refractivity contribution in [2.24, 2.45) is 5.41 Å². The second-order valence-corrected chi connectivity index (χ2v) is 7.92. The summed E-state index contributed by atoms with van der Waals surface area (Å²) < 4.78 is 19.0. The van der Waals surface area contributed by atoms with Gasteiger partial charge in [-0.15, -0.1) is 0 Å². The minimum Gasteiger partial charge on any atom is -0.435 e. The topological polar surface area (TPSA) is 56.3 Å². The average molecular weight is 303 g/mol. The van der Waals surface area contributed by atoms with Gasteiger partial charge in [0.25, 0.3) is 0 Å². The molecule has 0 saturated heterocycles. The highest BCUT2D eigenvalue weighted by Crippen LogP contribution is 2.51. The summed E-state index contributed by atoms with van der Waals surface area (Å²) in [6, 6.07) is 11.8. The van der Waals surface area contributed by atoms with Crippen molar-refractivity contribution in [1.29, 1.82) is 0 Å². The fourth-order valence-corrected chi connectivity index (χ4v) is 4.11. The number of aromatic nitrogens is 1. The highest BCUT2D eigenvalue weighted by Gasteiger charge is 2.43. The van der Waals surface area contributed by atoms with Crippen molar-refractivity contribution in [3.05, 3.63) is 54.9 Å². The van der Waals surface area contributed by atoms with Crippen molar-refractivity contribution < 1.29 is 13.9 Å². The smallest absolute Gasteiger partial charge is 0.342 e. The van der Waals surface area contributed by atoms with Gasteiger partial charge in [-0.05, 0) is 24.3 Å². The van der Waals surface area contributed by atoms with Crippen LogP contribution < -0.4 is 9.83 Å². The maximum Gasteiger partial charge on any atom is 0.342 e. The van der Waals surface area contributed by atoms with Crippen molar-refractivity contribution in [3.8, 4) is 5.75 Å². The molecule has 0 amide bonds. The van der Waals surface area contributed by atoms with E-state index < -0.39 is 18.3 Å². The second-order valence-electron chi connectivity index (χ2n) is 5.72. The van der Waals surface area contributed by atoms with Crippen LogP contribution in [-0.4, -0.2) is 10.5 Å². The van der Waals surface area contributed by atoms with Gasteiger partial charge in [-0.1, -0.05) is 39.0 Å². The number of carbonyl (C=O) groups excluding carboxylic acids is 1. The van der Waals surface area contributed by atoms with Crippen LogP contribution in [0.2, 0.25) is 0 Å². The van der Waals surface area contributed by atoms with E-state index in [1.165, 1.54) is 12.4 Å². The molecule has 1 aromatic heterocycles. The Morgan fingerprint density at radius 1 is 1.05 bits per heavy atom. The number of nitrogens with zero attached hydrogens (tertiary/aromatic N) is 1. The third kappa shape index (κ3) is 3.40. The van der Waals surface area contributed by atoms with E-state index in [9.17, 15) is 9.36 Å². The number of pyridine rings is 1. The lowest BCUT2D eigenvalue weighted by molar-refractivity contribution is -0.118. The molecule has 110 valence electrons. The first-order chi connectivity index (χ1) is 9.84. The maximum absolute atomic E-state index is 13.3. The number of benzene rings is 1. The first kappa shape index (κ1) is 15.5. The Morgan fingerprint density at radius 2 is 1.62 bits per heavy atom. The standard InChI is InChI=1S/C16H18NO3P/c1-16(2,3)15(18)21(19,14-7-5-4-6-8-14)20-13-9-11-17-12-10-13/h4-12H,1-3H3. The van der Waals surface area contributed by atoms with Crippen LogP contribution in [0.15, 0.2) is 54.9 Å². The van der Waals surface area contributed by atoms with E-state index in [1.54, 1.807) is 57.2 Å². The zero-order valence-electron chi connectivity index (χ0n) is 12.3. The van der Waals surface area contributed by atoms with Gasteiger partial charge in [-0.25, -0.2) is 0 Å². The molecular weight excluding hydrogens is 285 g/mol. The number of hydrogen-bond acceptors (Lipinski definition) is 4. The summed E-state index contributed by atoms with van der Waals surface area (Å²) in [5.74, 6) is 0.370. The number of carbonyl (C=O) groups is 1. The molecule has 1 atom stereocenters. The molecule has 2 rings (SSSR count). The Bertz CT molecular complexity index is 663. The van der Waals surface area contributed by atoms with Gasteiger partial charge in [-0.3, -0.25) is 14.3 Å². The molecule has 0 saturated carbocycles. The third-order valence-corrected chi connectivity index (χ3v) is 5.54. The molecule has 1 unspecified atom stereocenters. The summed E-state index contributed by atoms with van der Waals surface area (Å²) in [6.45, 7) is 5.21. The summed E-state index contributed by atoms with van der Waals surface area (Å²) in [6.07, 6.45) is 3.07. The largest absolute Gasteiger partial charge is 0.435 e. The van der Waals surface area contributed by atoms with Gasteiger partial charge >= 0.3 is 7.37 Å². The summed E-state index contributed by atoms with van der Waals surface area (Å²) in [5.41, 5.74) is -1.17. The van der Waals surface area contributed by atoms with Crippen LogP contribution in [0.3, 0.4) is 0 Å². The fraction of sp³-hybridized carbons (Fsp3) is 0.250. The van der Waals surface area contributed by atoms with E-state index >= 15 is 0 Å². The predicted octanol–water partition coefficient (Wildman–Crippen LogP) is 3.64. The van der Waals surface area contributed by atoms with E-state index in [0.717, 1.165) is 0 Å². The van der Waals surface area contributed by atoms with E-state index in [-0.39, 0.29) is 0 Å². The van der Waals surface area contributed by atoms with E-state index in [0.29, 0.717) is 11.1 Å². The van der Waals surface area contributed by atoms with Crippen LogP contribution in [0.4, 0.5) is 0 Å². The molecule has 5 heteroatoms. The van der Waals surface area contributed by atoms with Gasteiger partial charge in [0.15, 0.2) is 0 Å². The lowest BCUT2D eigenvalue weighted by Gasteiger charge is -2.25. The predicted molar refractivity (Wildman–Crippen MR) is 83.0 cm³/mol. The van der Waals surface area contributed by atoms with Gasteiger partial charge < -0.3 is 4.52 Å². The second kappa shape index (κ2) is 5.82. The summed E-state index contributed by atoms with van der Waals surface area (Å²) in [7, 11) is -3.67. The Kier molecular flexibility index (Phi) is 4.29. The van der Waals surface area contributed by atoms with Crippen molar-refractivity contribution >= 4 is 18.2 Å². The fourth-order valence-electron chi connectivity index (χ4n) is 1.82. The lowest BCUT2D eigenvalue weighted by Crippen LogP contribution is -2.27. The minimum atomic E-state index is -3.67. The van der Waals surface area contributed by atoms with Crippen LogP contribution in [-0.2, 0) is 9.36 Å². The molecule has 0 aliphatic carbocycles. The molecule has 21 heavy (non-hydrogen) atoms. The summed E-state index contributed by atoms with van der Waals surface area (Å²) >= 11 is 0. The van der Waals surface area contributed by atoms with Gasteiger partial charge in [-0.2, -0.15) is 0 Å². The molecule has 4 nitrogen and oxygen atoms in total. The normalized spacial score (nSPS) is 14.2. The molecule has 0 aliphatic heterocycles. The molecule has 0 bridgehead atoms. The zero-order valence-corrected chi connectivity index (χ0v) is 13.2. The highest BCUT2D eigenvalue weighted by atomic mass is 31.2. The van der Waals surface area contributed by atoms with Crippen LogP contribution >= 0.6 is 7.37 Å². The average Bonchev–Trinajstić information content (AvgIpc) is 2.47. The van der Waals surface area contributed by atoms with Gasteiger partial charge in [0.05, 0.1) is 5.30 Å². The SMILES string of the molecule is CC(C)(C)C(=O)P(=O)(Oc1ccncc1)c1ccccc1. The van der Waals surface area contributed by atoms with Crippen LogP contribution in [0.1, 0.15) is 20.8 Å². The third-order valence-electron chi connectivity index (χ3n) is 2.89. The number of hydrogen-bond donors (Lipinski definition) is 0. The zero-order chi connectivity index (χ0) is 15.5. The van der Waals surface area contributed by atoms with Crippen molar-refractivity contribution in [2.45, 2.75) is 20.8 Å². The van der Waals surface area contributed by atoms with Crippen LogP contribution in [0.5, 0.6) is 5.75 Å². The first-order valence-electron chi connectivity index (χ1n) is 6.64. The molecule has 0 spiro atoms. The molecule has 0 aliphatic rings. The lowest BCUT2D eigenvalue weighted by atomic mass is 9.99. The monoisotopic (exact) mass is 303 g/mol. The molecular formula is C16H18NO3P. The molecule has 1 heterocycles. The molecule has 0 radical (unpaired) electrons. The van der Waals surface area contributed by atoms with Crippen molar-refractivity contribution in [3.63, 3.8) is 0 Å². The highest BCUT2D eigenvalue weighted by molar-refractivity contribution is 7.83. The first-order valence-corrected chi connectivity index (χ1v) is 8.27. The van der Waals surface area contributed by atoms with Crippen molar-refractivity contribution in [2.75, 3.05) is 0 Å². The maximum atomic E-state index is 13.3.